The molecule has 0 saturated heterocycles. The molecule has 5 heteroatoms. The number of rotatable bonds is 5. The molecule has 0 unspecified atom stereocenters. The zero-order chi connectivity index (χ0) is 14.6. The molecule has 0 bridgehead atoms. The Labute approximate surface area is 89.4 Å². The molecule has 0 aromatic rings. The lowest BCUT2D eigenvalue weighted by atomic mass is 10.2. The normalized spacial score (nSPS) is 19.7. The van der Waals surface area contributed by atoms with E-state index in [-0.39, 0.29) is 11.8 Å². The summed E-state index contributed by atoms with van der Waals surface area (Å²) in [6.07, 6.45) is -3.01. The van der Waals surface area contributed by atoms with Gasteiger partial charge in [0.25, 0.3) is 0 Å². The topological polar surface area (TPSA) is 55.4 Å². The highest BCUT2D eigenvalue weighted by molar-refractivity contribution is 7.98. The minimum atomic E-state index is -2.53. The van der Waals surface area contributed by atoms with Gasteiger partial charge in [-0.25, -0.2) is 4.79 Å². The largest absolute Gasteiger partial charge is 0.467 e. The molecule has 1 amide bonds. The van der Waals surface area contributed by atoms with Crippen LogP contribution in [0, 0.1) is 0 Å². The van der Waals surface area contributed by atoms with Crippen molar-refractivity contribution in [2.45, 2.75) is 19.4 Å². The summed E-state index contributed by atoms with van der Waals surface area (Å²) in [5.74, 6) is -1.35. The second-order valence-electron chi connectivity index (χ2n) is 2.23. The van der Waals surface area contributed by atoms with E-state index < -0.39 is 36.2 Å². The number of hydrogen-bond acceptors (Lipinski definition) is 4. The molecule has 0 radical (unpaired) electrons. The third-order valence-electron chi connectivity index (χ3n) is 1.22. The third kappa shape index (κ3) is 5.52. The van der Waals surface area contributed by atoms with Crippen LogP contribution in [0.3, 0.4) is 0 Å². The first-order chi connectivity index (χ1) is 7.97. The molecule has 0 rings (SSSR count). The fourth-order valence-corrected chi connectivity index (χ4v) is 0.956. The van der Waals surface area contributed by atoms with Gasteiger partial charge in [0.15, 0.2) is 0 Å². The lowest BCUT2D eigenvalue weighted by Gasteiger charge is -2.14. The van der Waals surface area contributed by atoms with Crippen LogP contribution in [-0.2, 0) is 14.3 Å². The lowest BCUT2D eigenvalue weighted by molar-refractivity contribution is -0.144. The molecule has 0 aliphatic carbocycles. The maximum Gasteiger partial charge on any atom is 0.328 e. The molecule has 1 N–H and O–H groups in total. The van der Waals surface area contributed by atoms with Gasteiger partial charge in [-0.1, -0.05) is 0 Å². The van der Waals surface area contributed by atoms with Crippen LogP contribution in [0.5, 0.6) is 0 Å². The predicted octanol–water partition coefficient (Wildman–Crippen LogP) is 0.417. The maximum atomic E-state index is 11.3. The van der Waals surface area contributed by atoms with Crippen molar-refractivity contribution in [3.05, 3.63) is 0 Å². The van der Waals surface area contributed by atoms with Crippen molar-refractivity contribution in [3.63, 3.8) is 0 Å². The first kappa shape index (κ1) is 5.90. The summed E-state index contributed by atoms with van der Waals surface area (Å²) in [7, 11) is 1.10. The van der Waals surface area contributed by atoms with Gasteiger partial charge in [0.2, 0.25) is 5.91 Å². The van der Waals surface area contributed by atoms with E-state index >= 15 is 0 Å². The van der Waals surface area contributed by atoms with Gasteiger partial charge in [-0.05, 0) is 18.3 Å². The molecule has 0 aliphatic heterocycles. The van der Waals surface area contributed by atoms with Gasteiger partial charge in [-0.15, -0.1) is 0 Å². The zero-order valence-corrected chi connectivity index (χ0v) is 8.23. The molecule has 4 nitrogen and oxygen atoms in total. The van der Waals surface area contributed by atoms with E-state index in [1.54, 1.807) is 0 Å². The molecule has 0 fully saturated rings. The second kappa shape index (κ2) is 6.77. The summed E-state index contributed by atoms with van der Waals surface area (Å²) in [5, 5.41) is 2.22. The Morgan fingerprint density at radius 3 is 2.92 bits per heavy atom. The first-order valence-corrected chi connectivity index (χ1v) is 4.33. The van der Waals surface area contributed by atoms with Gasteiger partial charge < -0.3 is 10.1 Å². The SMILES string of the molecule is [2H]C([2H])([2H])SC([2H])([2H])C[C@H](NC(C)=O)C(=O)OC. The summed E-state index contributed by atoms with van der Waals surface area (Å²) < 4.78 is 40.4. The first-order valence-electron chi connectivity index (χ1n) is 6.02. The Bertz CT molecular complexity index is 320. The minimum Gasteiger partial charge on any atom is -0.467 e. The van der Waals surface area contributed by atoms with Crippen LogP contribution in [0.25, 0.3) is 0 Å². The van der Waals surface area contributed by atoms with Gasteiger partial charge >= 0.3 is 5.97 Å². The van der Waals surface area contributed by atoms with Crippen LogP contribution in [-0.4, -0.2) is 36.9 Å². The van der Waals surface area contributed by atoms with Crippen molar-refractivity contribution >= 4 is 23.6 Å². The Hall–Kier alpha value is -0.710. The van der Waals surface area contributed by atoms with Crippen molar-refractivity contribution in [3.8, 4) is 0 Å². The fraction of sp³-hybridized carbons (Fsp3) is 0.750. The van der Waals surface area contributed by atoms with E-state index in [0.717, 1.165) is 7.11 Å². The van der Waals surface area contributed by atoms with E-state index in [1.807, 2.05) is 0 Å². The molecular weight excluding hydrogens is 190 g/mol. The fourth-order valence-electron chi connectivity index (χ4n) is 0.706. The Morgan fingerprint density at radius 1 is 1.77 bits per heavy atom. The van der Waals surface area contributed by atoms with E-state index in [2.05, 4.69) is 10.1 Å². The van der Waals surface area contributed by atoms with Crippen molar-refractivity contribution < 1.29 is 21.2 Å². The molecule has 13 heavy (non-hydrogen) atoms. The van der Waals surface area contributed by atoms with Crippen LogP contribution in [0.2, 0.25) is 0 Å². The Morgan fingerprint density at radius 2 is 2.46 bits per heavy atom. The monoisotopic (exact) mass is 210 g/mol. The maximum absolute atomic E-state index is 11.3. The molecular formula is C8H15NO3S. The van der Waals surface area contributed by atoms with Gasteiger partial charge in [0.05, 0.1) is 7.11 Å². The summed E-state index contributed by atoms with van der Waals surface area (Å²) >= 11 is 0.117. The smallest absolute Gasteiger partial charge is 0.328 e. The predicted molar refractivity (Wildman–Crippen MR) is 52.6 cm³/mol. The molecule has 0 aromatic carbocycles. The van der Waals surface area contributed by atoms with Crippen molar-refractivity contribution in [2.24, 2.45) is 0 Å². The zero-order valence-electron chi connectivity index (χ0n) is 12.4. The molecule has 0 heterocycles. The van der Waals surface area contributed by atoms with Crippen LogP contribution < -0.4 is 5.32 Å². The van der Waals surface area contributed by atoms with Gasteiger partial charge in [-0.3, -0.25) is 4.79 Å². The molecule has 1 atom stereocenters. The number of amides is 1. The molecule has 0 spiro atoms. The standard InChI is InChI=1S/C8H15NO3S/c1-6(10)9-7(4-5-13-3)8(11)12-2/h7H,4-5H2,1-3H3,(H,9,10)/t7-/m0/s1/i3D3,5D2. The van der Waals surface area contributed by atoms with Crippen LogP contribution >= 0.6 is 11.8 Å². The average Bonchev–Trinajstić information content (AvgIpc) is 2.10. The quantitative estimate of drug-likeness (QED) is 0.668. The second-order valence-corrected chi connectivity index (χ2v) is 2.72. The van der Waals surface area contributed by atoms with Crippen molar-refractivity contribution in [1.82, 2.24) is 5.32 Å². The number of esters is 1. The number of carbonyl (C=O) groups is 2. The highest BCUT2D eigenvalue weighted by Crippen LogP contribution is 2.02. The van der Waals surface area contributed by atoms with Crippen LogP contribution in [0.1, 0.15) is 20.2 Å². The summed E-state index contributed by atoms with van der Waals surface area (Å²) in [6.45, 7) is 1.17. The van der Waals surface area contributed by atoms with Crippen LogP contribution in [0.4, 0.5) is 0 Å². The highest BCUT2D eigenvalue weighted by atomic mass is 32.2. The number of carbonyl (C=O) groups excluding carboxylic acids is 2. The molecule has 76 valence electrons. The summed E-state index contributed by atoms with van der Waals surface area (Å²) in [5.41, 5.74) is -2.19. The van der Waals surface area contributed by atoms with Crippen LogP contribution in [0.15, 0.2) is 0 Å². The number of methoxy groups -OCH3 is 1. The highest BCUT2D eigenvalue weighted by Gasteiger charge is 2.18. The number of thioether (sulfide) groups is 1. The van der Waals surface area contributed by atoms with Gasteiger partial charge in [0, 0.05) is 13.8 Å². The Kier molecular flexibility index (Phi) is 3.07. The molecule has 0 aromatic heterocycles. The lowest BCUT2D eigenvalue weighted by Crippen LogP contribution is -2.40. The number of ether oxygens (including phenoxy) is 1. The van der Waals surface area contributed by atoms with Gasteiger partial charge in [-0.2, -0.15) is 11.8 Å². The number of hydrogen-bond donors (Lipinski definition) is 1. The summed E-state index contributed by atoms with van der Waals surface area (Å²) in [6, 6.07) is -1.21. The van der Waals surface area contributed by atoms with E-state index in [4.69, 9.17) is 6.85 Å². The Balaban J connectivity index is 4.75. The van der Waals surface area contributed by atoms with E-state index in [0.29, 0.717) is 0 Å². The third-order valence-corrected chi connectivity index (χ3v) is 1.53. The van der Waals surface area contributed by atoms with E-state index in [9.17, 15) is 9.59 Å². The molecule has 0 saturated carbocycles. The molecule has 0 aliphatic rings. The summed E-state index contributed by atoms with van der Waals surface area (Å²) in [4.78, 5) is 22.2. The van der Waals surface area contributed by atoms with Gasteiger partial charge in [0.1, 0.15) is 6.04 Å². The van der Waals surface area contributed by atoms with Crippen molar-refractivity contribution in [2.75, 3.05) is 19.0 Å². The minimum absolute atomic E-state index is 0.117. The number of nitrogens with one attached hydrogen (secondary N) is 1. The van der Waals surface area contributed by atoms with Crippen molar-refractivity contribution in [1.29, 1.82) is 0 Å². The van der Waals surface area contributed by atoms with E-state index in [1.165, 1.54) is 6.92 Å². The average molecular weight is 210 g/mol.